The Kier molecular flexibility index (Phi) is 5.61. The van der Waals surface area contributed by atoms with Gasteiger partial charge in [0.2, 0.25) is 0 Å². The molecule has 1 aromatic carbocycles. The smallest absolute Gasteiger partial charge is 0.381 e. The molecule has 1 aliphatic heterocycles. The van der Waals surface area contributed by atoms with E-state index in [1.165, 1.54) is 0 Å². The number of imidazole rings is 1. The van der Waals surface area contributed by atoms with E-state index in [0.717, 1.165) is 10.5 Å². The van der Waals surface area contributed by atoms with Gasteiger partial charge in [-0.05, 0) is 30.5 Å². The molecule has 0 N–H and O–H groups in total. The summed E-state index contributed by atoms with van der Waals surface area (Å²) < 4.78 is 46.0. The Morgan fingerprint density at radius 3 is 2.50 bits per heavy atom. The molecule has 2 aromatic rings. The lowest BCUT2D eigenvalue weighted by molar-refractivity contribution is -0.147. The molecule has 26 heavy (non-hydrogen) atoms. The van der Waals surface area contributed by atoms with Crippen LogP contribution in [0.15, 0.2) is 43.0 Å². The molecule has 1 fully saturated rings. The summed E-state index contributed by atoms with van der Waals surface area (Å²) in [6.45, 7) is 0.0836. The van der Waals surface area contributed by atoms with Crippen LogP contribution in [0.5, 0.6) is 0 Å². The number of ether oxygens (including phenoxy) is 1. The van der Waals surface area contributed by atoms with Crippen LogP contribution in [0.1, 0.15) is 28.8 Å². The van der Waals surface area contributed by atoms with Crippen LogP contribution in [0.3, 0.4) is 0 Å². The lowest BCUT2D eigenvalue weighted by atomic mass is 10.0. The van der Waals surface area contributed by atoms with Crippen LogP contribution < -0.4 is 0 Å². The van der Waals surface area contributed by atoms with Crippen LogP contribution in [-0.2, 0) is 11.3 Å². The molecule has 0 saturated carbocycles. The highest BCUT2D eigenvalue weighted by Gasteiger charge is 2.37. The summed E-state index contributed by atoms with van der Waals surface area (Å²) in [6, 6.07) is 6.21. The molecule has 0 unspecified atom stereocenters. The number of halogens is 3. The molecule has 0 atom stereocenters. The fourth-order valence-electron chi connectivity index (χ4n) is 3.07. The third kappa shape index (κ3) is 4.85. The summed E-state index contributed by atoms with van der Waals surface area (Å²) in [5.74, 6) is -0.594. The van der Waals surface area contributed by atoms with E-state index in [2.05, 4.69) is 4.98 Å². The highest BCUT2D eigenvalue weighted by molar-refractivity contribution is 5.94. The van der Waals surface area contributed by atoms with Crippen molar-refractivity contribution in [3.8, 4) is 0 Å². The van der Waals surface area contributed by atoms with Crippen molar-refractivity contribution in [2.24, 2.45) is 0 Å². The third-order valence-corrected chi connectivity index (χ3v) is 4.37. The number of rotatable bonds is 5. The lowest BCUT2D eigenvalue weighted by Crippen LogP contribution is -2.47. The van der Waals surface area contributed by atoms with E-state index in [4.69, 9.17) is 4.74 Å². The first-order chi connectivity index (χ1) is 12.4. The Hall–Kier alpha value is -2.35. The number of carbonyl (C=O) groups is 1. The molecule has 1 saturated heterocycles. The van der Waals surface area contributed by atoms with Gasteiger partial charge in [0.25, 0.3) is 5.91 Å². The van der Waals surface area contributed by atoms with Crippen LogP contribution >= 0.6 is 0 Å². The van der Waals surface area contributed by atoms with E-state index in [9.17, 15) is 18.0 Å². The van der Waals surface area contributed by atoms with Crippen molar-refractivity contribution in [3.63, 3.8) is 0 Å². The molecule has 1 amide bonds. The quantitative estimate of drug-likeness (QED) is 0.816. The second-order valence-electron chi connectivity index (χ2n) is 6.32. The Labute approximate surface area is 149 Å². The van der Waals surface area contributed by atoms with Gasteiger partial charge in [-0.3, -0.25) is 4.79 Å². The van der Waals surface area contributed by atoms with Crippen molar-refractivity contribution in [2.75, 3.05) is 19.8 Å². The lowest BCUT2D eigenvalue weighted by Gasteiger charge is -2.35. The van der Waals surface area contributed by atoms with Gasteiger partial charge in [-0.25, -0.2) is 4.98 Å². The normalized spacial score (nSPS) is 15.8. The van der Waals surface area contributed by atoms with Gasteiger partial charge < -0.3 is 14.2 Å². The van der Waals surface area contributed by atoms with Crippen molar-refractivity contribution in [2.45, 2.75) is 31.6 Å². The molecule has 8 heteroatoms. The van der Waals surface area contributed by atoms with E-state index >= 15 is 0 Å². The van der Waals surface area contributed by atoms with Crippen molar-refractivity contribution < 1.29 is 22.7 Å². The van der Waals surface area contributed by atoms with E-state index < -0.39 is 24.7 Å². The van der Waals surface area contributed by atoms with Crippen LogP contribution in [-0.4, -0.2) is 52.3 Å². The first-order valence-corrected chi connectivity index (χ1v) is 8.42. The average molecular weight is 367 g/mol. The number of hydrogen-bond acceptors (Lipinski definition) is 3. The summed E-state index contributed by atoms with van der Waals surface area (Å²) in [4.78, 5) is 17.6. The highest BCUT2D eigenvalue weighted by atomic mass is 19.4. The number of alkyl halides is 3. The molecule has 1 aliphatic rings. The maximum Gasteiger partial charge on any atom is 0.406 e. The second-order valence-corrected chi connectivity index (χ2v) is 6.32. The predicted octanol–water partition coefficient (Wildman–Crippen LogP) is 3.11. The SMILES string of the molecule is O=C(c1ccc(Cn2ccnc2)cc1)N(CC(F)(F)F)C1CCOCC1. The minimum absolute atomic E-state index is 0.259. The molecule has 0 aliphatic carbocycles. The van der Waals surface area contributed by atoms with Crippen LogP contribution in [0, 0.1) is 0 Å². The Morgan fingerprint density at radius 2 is 1.92 bits per heavy atom. The van der Waals surface area contributed by atoms with Gasteiger partial charge in [0.15, 0.2) is 0 Å². The van der Waals surface area contributed by atoms with Gasteiger partial charge >= 0.3 is 6.18 Å². The molecular weight excluding hydrogens is 347 g/mol. The minimum atomic E-state index is -4.44. The molecule has 0 spiro atoms. The highest BCUT2D eigenvalue weighted by Crippen LogP contribution is 2.24. The number of hydrogen-bond donors (Lipinski definition) is 0. The Bertz CT molecular complexity index is 708. The molecule has 3 rings (SSSR count). The van der Waals surface area contributed by atoms with Gasteiger partial charge in [0.1, 0.15) is 6.54 Å². The van der Waals surface area contributed by atoms with Crippen molar-refractivity contribution in [3.05, 3.63) is 54.1 Å². The van der Waals surface area contributed by atoms with E-state index in [0.29, 0.717) is 32.6 Å². The third-order valence-electron chi connectivity index (χ3n) is 4.37. The minimum Gasteiger partial charge on any atom is -0.381 e. The largest absolute Gasteiger partial charge is 0.406 e. The molecule has 140 valence electrons. The first kappa shape index (κ1) is 18.4. The molecule has 2 heterocycles. The molecule has 0 bridgehead atoms. The van der Waals surface area contributed by atoms with Crippen LogP contribution in [0.25, 0.3) is 0 Å². The van der Waals surface area contributed by atoms with Gasteiger partial charge in [-0.2, -0.15) is 13.2 Å². The standard InChI is InChI=1S/C18H20F3N3O2/c19-18(20,21)12-24(16-5-9-26-10-6-16)17(25)15-3-1-14(2-4-15)11-23-8-7-22-13-23/h1-4,7-8,13,16H,5-6,9-12H2. The van der Waals surface area contributed by atoms with E-state index in [1.54, 1.807) is 36.8 Å². The fourth-order valence-corrected chi connectivity index (χ4v) is 3.07. The molecule has 1 aromatic heterocycles. The molecular formula is C18H20F3N3O2. The van der Waals surface area contributed by atoms with E-state index in [1.807, 2.05) is 10.8 Å². The predicted molar refractivity (Wildman–Crippen MR) is 88.7 cm³/mol. The molecule has 0 radical (unpaired) electrons. The Balaban J connectivity index is 1.74. The van der Waals surface area contributed by atoms with Crippen LogP contribution in [0.2, 0.25) is 0 Å². The van der Waals surface area contributed by atoms with Crippen molar-refractivity contribution in [1.82, 2.24) is 14.5 Å². The zero-order chi connectivity index (χ0) is 18.6. The monoisotopic (exact) mass is 367 g/mol. The topological polar surface area (TPSA) is 47.4 Å². The summed E-state index contributed by atoms with van der Waals surface area (Å²) in [5.41, 5.74) is 1.20. The average Bonchev–Trinajstić information content (AvgIpc) is 3.13. The van der Waals surface area contributed by atoms with Crippen LogP contribution in [0.4, 0.5) is 13.2 Å². The van der Waals surface area contributed by atoms with Gasteiger partial charge in [0.05, 0.1) is 6.33 Å². The molecule has 5 nitrogen and oxygen atoms in total. The number of aromatic nitrogens is 2. The summed E-state index contributed by atoms with van der Waals surface area (Å²) in [6.07, 6.45) is 1.56. The fraction of sp³-hybridized carbons (Fsp3) is 0.444. The summed E-state index contributed by atoms with van der Waals surface area (Å²) >= 11 is 0. The number of nitrogens with zero attached hydrogens (tertiary/aromatic N) is 3. The zero-order valence-electron chi connectivity index (χ0n) is 14.2. The first-order valence-electron chi connectivity index (χ1n) is 8.42. The summed E-state index contributed by atoms with van der Waals surface area (Å²) in [7, 11) is 0. The maximum atomic E-state index is 13.0. The number of amides is 1. The van der Waals surface area contributed by atoms with Gasteiger partial charge in [-0.1, -0.05) is 12.1 Å². The summed E-state index contributed by atoms with van der Waals surface area (Å²) in [5, 5.41) is 0. The van der Waals surface area contributed by atoms with Crippen molar-refractivity contribution in [1.29, 1.82) is 0 Å². The number of carbonyl (C=O) groups excluding carboxylic acids is 1. The maximum absolute atomic E-state index is 13.0. The van der Waals surface area contributed by atoms with Gasteiger partial charge in [-0.15, -0.1) is 0 Å². The Morgan fingerprint density at radius 1 is 1.23 bits per heavy atom. The van der Waals surface area contributed by atoms with Gasteiger partial charge in [0, 0.05) is 43.8 Å². The van der Waals surface area contributed by atoms with Crippen molar-refractivity contribution >= 4 is 5.91 Å². The number of benzene rings is 1. The zero-order valence-corrected chi connectivity index (χ0v) is 14.2. The van der Waals surface area contributed by atoms with E-state index in [-0.39, 0.29) is 5.56 Å². The second kappa shape index (κ2) is 7.90.